The molecule has 0 aliphatic carbocycles. The van der Waals surface area contributed by atoms with Crippen molar-refractivity contribution in [1.29, 1.82) is 0 Å². The van der Waals surface area contributed by atoms with E-state index in [0.717, 1.165) is 27.6 Å². The van der Waals surface area contributed by atoms with Crippen LogP contribution in [0.1, 0.15) is 11.1 Å². The summed E-state index contributed by atoms with van der Waals surface area (Å²) in [6.07, 6.45) is 1.65. The zero-order chi connectivity index (χ0) is 19.0. The first kappa shape index (κ1) is 17.5. The Morgan fingerprint density at radius 2 is 1.52 bits per heavy atom. The topological polar surface area (TPSA) is 59.3 Å². The highest BCUT2D eigenvalue weighted by Crippen LogP contribution is 2.34. The van der Waals surface area contributed by atoms with Crippen molar-refractivity contribution in [3.63, 3.8) is 0 Å². The molecule has 0 unspecified atom stereocenters. The lowest BCUT2D eigenvalue weighted by Crippen LogP contribution is -2.11. The number of aryl methyl sites for hydroxylation is 1. The van der Waals surface area contributed by atoms with Crippen LogP contribution in [0.2, 0.25) is 0 Å². The van der Waals surface area contributed by atoms with E-state index in [0.29, 0.717) is 5.52 Å². The Balaban J connectivity index is 2.00. The summed E-state index contributed by atoms with van der Waals surface area (Å²) in [5.41, 5.74) is 3.98. The highest BCUT2D eigenvalue weighted by Gasteiger charge is 2.22. The van der Waals surface area contributed by atoms with E-state index in [9.17, 15) is 13.5 Å². The van der Waals surface area contributed by atoms with Gasteiger partial charge in [0.05, 0.1) is 17.0 Å². The van der Waals surface area contributed by atoms with Gasteiger partial charge in [-0.1, -0.05) is 60.2 Å². The molecule has 0 fully saturated rings. The molecule has 1 aromatic heterocycles. The van der Waals surface area contributed by atoms with E-state index in [1.54, 1.807) is 36.5 Å². The number of aromatic nitrogens is 1. The van der Waals surface area contributed by atoms with Crippen molar-refractivity contribution in [2.24, 2.45) is 0 Å². The van der Waals surface area contributed by atoms with Gasteiger partial charge < -0.3 is 5.11 Å². The van der Waals surface area contributed by atoms with E-state index in [1.165, 1.54) is 3.97 Å². The van der Waals surface area contributed by atoms with Crippen molar-refractivity contribution in [1.82, 2.24) is 3.97 Å². The molecule has 27 heavy (non-hydrogen) atoms. The second-order valence-corrected chi connectivity index (χ2v) is 8.30. The summed E-state index contributed by atoms with van der Waals surface area (Å²) in [6.45, 7) is 1.81. The van der Waals surface area contributed by atoms with Crippen molar-refractivity contribution < 1.29 is 13.5 Å². The minimum Gasteiger partial charge on any atom is -0.392 e. The predicted molar refractivity (Wildman–Crippen MR) is 107 cm³/mol. The first-order valence-electron chi connectivity index (χ1n) is 8.64. The zero-order valence-corrected chi connectivity index (χ0v) is 15.6. The molecule has 0 aliphatic rings. The summed E-state index contributed by atoms with van der Waals surface area (Å²) in [5.74, 6) is 0. The third-order valence-corrected chi connectivity index (χ3v) is 6.42. The Bertz CT molecular complexity index is 1220. The van der Waals surface area contributed by atoms with E-state index < -0.39 is 10.0 Å². The molecule has 4 rings (SSSR count). The summed E-state index contributed by atoms with van der Waals surface area (Å²) in [6, 6.07) is 21.7. The molecule has 0 saturated carbocycles. The Kier molecular flexibility index (Phi) is 4.34. The maximum Gasteiger partial charge on any atom is 0.268 e. The Hall–Kier alpha value is -2.89. The molecule has 0 atom stereocenters. The summed E-state index contributed by atoms with van der Waals surface area (Å²) in [7, 11) is -3.73. The highest BCUT2D eigenvalue weighted by molar-refractivity contribution is 7.90. The quantitative estimate of drug-likeness (QED) is 0.575. The monoisotopic (exact) mass is 377 g/mol. The number of para-hydroxylation sites is 1. The van der Waals surface area contributed by atoms with Crippen molar-refractivity contribution in [2.45, 2.75) is 18.4 Å². The molecule has 0 amide bonds. The first-order chi connectivity index (χ1) is 13.0. The van der Waals surface area contributed by atoms with Gasteiger partial charge in [0, 0.05) is 17.1 Å². The minimum absolute atomic E-state index is 0.111. The van der Waals surface area contributed by atoms with Crippen LogP contribution >= 0.6 is 0 Å². The minimum atomic E-state index is -3.73. The summed E-state index contributed by atoms with van der Waals surface area (Å²) in [4.78, 5) is 0.246. The van der Waals surface area contributed by atoms with Crippen LogP contribution in [-0.4, -0.2) is 17.5 Å². The third-order valence-electron chi connectivity index (χ3n) is 4.73. The number of benzene rings is 3. The van der Waals surface area contributed by atoms with E-state index in [1.807, 2.05) is 49.4 Å². The third kappa shape index (κ3) is 2.95. The molecule has 0 radical (unpaired) electrons. The summed E-state index contributed by atoms with van der Waals surface area (Å²) < 4.78 is 27.9. The van der Waals surface area contributed by atoms with Crippen LogP contribution in [0.15, 0.2) is 83.9 Å². The van der Waals surface area contributed by atoms with Crippen molar-refractivity contribution >= 4 is 20.9 Å². The lowest BCUT2D eigenvalue weighted by Gasteiger charge is -2.08. The first-order valence-corrected chi connectivity index (χ1v) is 10.1. The highest BCUT2D eigenvalue weighted by atomic mass is 32.2. The molecule has 0 saturated heterocycles. The van der Waals surface area contributed by atoms with Gasteiger partial charge in [-0.05, 0) is 36.2 Å². The van der Waals surface area contributed by atoms with Crippen molar-refractivity contribution in [3.8, 4) is 11.1 Å². The Labute approximate surface area is 158 Å². The van der Waals surface area contributed by atoms with Gasteiger partial charge in [0.2, 0.25) is 0 Å². The van der Waals surface area contributed by atoms with Crippen LogP contribution in [-0.2, 0) is 16.6 Å². The second kappa shape index (κ2) is 6.68. The molecule has 0 spiro atoms. The van der Waals surface area contributed by atoms with E-state index >= 15 is 0 Å². The van der Waals surface area contributed by atoms with Crippen molar-refractivity contribution in [3.05, 3.63) is 90.1 Å². The molecule has 1 N–H and O–H groups in total. The molecule has 3 aromatic carbocycles. The number of rotatable bonds is 4. The van der Waals surface area contributed by atoms with Crippen LogP contribution in [0.5, 0.6) is 0 Å². The molecule has 4 aromatic rings. The number of aliphatic hydroxyl groups excluding tert-OH is 1. The molecule has 5 heteroatoms. The number of fused-ring (bicyclic) bond motifs is 1. The Morgan fingerprint density at radius 1 is 0.852 bits per heavy atom. The van der Waals surface area contributed by atoms with Crippen LogP contribution < -0.4 is 0 Å². The average molecular weight is 377 g/mol. The lowest BCUT2D eigenvalue weighted by atomic mass is 10.00. The number of hydrogen-bond donors (Lipinski definition) is 1. The molecular weight excluding hydrogens is 358 g/mol. The maximum absolute atomic E-state index is 13.3. The molecule has 1 heterocycles. The number of hydrogen-bond acceptors (Lipinski definition) is 3. The van der Waals surface area contributed by atoms with Crippen LogP contribution in [0.25, 0.3) is 22.0 Å². The van der Waals surface area contributed by atoms with Gasteiger partial charge in [-0.15, -0.1) is 0 Å². The fourth-order valence-electron chi connectivity index (χ4n) is 3.31. The SMILES string of the molecule is Cc1ccc(S(=O)(=O)n2cc(-c3ccccc3CO)c3ccccc32)cc1. The van der Waals surface area contributed by atoms with Gasteiger partial charge >= 0.3 is 0 Å². The maximum atomic E-state index is 13.3. The fourth-order valence-corrected chi connectivity index (χ4v) is 4.68. The van der Waals surface area contributed by atoms with Gasteiger partial charge in [-0.2, -0.15) is 0 Å². The van der Waals surface area contributed by atoms with Crippen LogP contribution in [0.4, 0.5) is 0 Å². The summed E-state index contributed by atoms with van der Waals surface area (Å²) >= 11 is 0. The zero-order valence-electron chi connectivity index (χ0n) is 14.8. The molecule has 4 nitrogen and oxygen atoms in total. The van der Waals surface area contributed by atoms with E-state index in [2.05, 4.69) is 0 Å². The van der Waals surface area contributed by atoms with Gasteiger partial charge in [0.15, 0.2) is 0 Å². The van der Waals surface area contributed by atoms with Gasteiger partial charge in [-0.25, -0.2) is 12.4 Å². The molecule has 0 bridgehead atoms. The molecule has 0 aliphatic heterocycles. The molecular formula is C22H19NO3S. The van der Waals surface area contributed by atoms with Crippen LogP contribution in [0.3, 0.4) is 0 Å². The normalized spacial score (nSPS) is 11.8. The fraction of sp³-hybridized carbons (Fsp3) is 0.0909. The van der Waals surface area contributed by atoms with Crippen LogP contribution in [0, 0.1) is 6.92 Å². The number of aliphatic hydroxyl groups is 1. The lowest BCUT2D eigenvalue weighted by molar-refractivity contribution is 0.282. The second-order valence-electron chi connectivity index (χ2n) is 6.49. The van der Waals surface area contributed by atoms with Crippen molar-refractivity contribution in [2.75, 3.05) is 0 Å². The smallest absolute Gasteiger partial charge is 0.268 e. The largest absolute Gasteiger partial charge is 0.392 e. The van der Waals surface area contributed by atoms with E-state index in [-0.39, 0.29) is 11.5 Å². The van der Waals surface area contributed by atoms with Gasteiger partial charge in [0.1, 0.15) is 0 Å². The number of nitrogens with zero attached hydrogens (tertiary/aromatic N) is 1. The summed E-state index contributed by atoms with van der Waals surface area (Å²) in [5, 5.41) is 10.5. The van der Waals surface area contributed by atoms with Gasteiger partial charge in [-0.3, -0.25) is 0 Å². The van der Waals surface area contributed by atoms with E-state index in [4.69, 9.17) is 0 Å². The average Bonchev–Trinajstić information content (AvgIpc) is 3.08. The predicted octanol–water partition coefficient (Wildman–Crippen LogP) is 4.35. The van der Waals surface area contributed by atoms with Gasteiger partial charge in [0.25, 0.3) is 10.0 Å². The molecule has 136 valence electrons. The Morgan fingerprint density at radius 3 is 2.26 bits per heavy atom. The standard InChI is InChI=1S/C22H19NO3S/c1-16-10-12-18(13-11-16)27(25,26)23-14-21(20-8-4-5-9-22(20)23)19-7-3-2-6-17(19)15-24/h2-14,24H,15H2,1H3.